The van der Waals surface area contributed by atoms with Crippen molar-refractivity contribution in [3.05, 3.63) is 46.9 Å². The predicted molar refractivity (Wildman–Crippen MR) is 71.2 cm³/mol. The summed E-state index contributed by atoms with van der Waals surface area (Å²) < 4.78 is 0. The van der Waals surface area contributed by atoms with Crippen molar-refractivity contribution in [2.45, 2.75) is 26.7 Å². The summed E-state index contributed by atoms with van der Waals surface area (Å²) in [7, 11) is 0. The van der Waals surface area contributed by atoms with Crippen LogP contribution in [0.4, 0.5) is 0 Å². The molecule has 2 aromatic rings. The van der Waals surface area contributed by atoms with Gasteiger partial charge in [0.25, 0.3) is 0 Å². The second-order valence-electron chi connectivity index (χ2n) is 4.26. The molecule has 0 radical (unpaired) electrons. The quantitative estimate of drug-likeness (QED) is 0.753. The number of halogens is 1. The Morgan fingerprint density at radius 3 is 2.53 bits per heavy atom. The molecule has 0 unspecified atom stereocenters. The van der Waals surface area contributed by atoms with Crippen LogP contribution in [0.3, 0.4) is 0 Å². The molecule has 0 fully saturated rings. The van der Waals surface area contributed by atoms with E-state index in [-0.39, 0.29) is 0 Å². The number of alkyl halides is 1. The lowest BCUT2D eigenvalue weighted by Gasteiger charge is -2.08. The van der Waals surface area contributed by atoms with Crippen LogP contribution >= 0.6 is 11.6 Å². The minimum Gasteiger partial charge on any atom is -0.237 e. The molecule has 2 nitrogen and oxygen atoms in total. The summed E-state index contributed by atoms with van der Waals surface area (Å²) in [5, 5.41) is 0. The van der Waals surface area contributed by atoms with Crippen LogP contribution in [0.2, 0.25) is 0 Å². The van der Waals surface area contributed by atoms with E-state index in [2.05, 4.69) is 42.0 Å². The average molecular weight is 247 g/mol. The van der Waals surface area contributed by atoms with Gasteiger partial charge in [0.05, 0.1) is 11.6 Å². The number of nitrogens with zero attached hydrogens (tertiary/aromatic N) is 2. The molecule has 2 rings (SSSR count). The SMILES string of the molecule is Cc1ccc(C)c(-c2cc(C)nc(CCl)n2)c1. The minimum atomic E-state index is 0.347. The smallest absolute Gasteiger partial charge is 0.143 e. The van der Waals surface area contributed by atoms with Crippen LogP contribution in [0, 0.1) is 20.8 Å². The molecule has 88 valence electrons. The lowest BCUT2D eigenvalue weighted by atomic mass is 10.0. The first kappa shape index (κ1) is 12.1. The van der Waals surface area contributed by atoms with Gasteiger partial charge in [0.2, 0.25) is 0 Å². The molecule has 3 heteroatoms. The van der Waals surface area contributed by atoms with E-state index in [4.69, 9.17) is 11.6 Å². The van der Waals surface area contributed by atoms with E-state index in [0.717, 1.165) is 17.0 Å². The van der Waals surface area contributed by atoms with Crippen LogP contribution in [0.25, 0.3) is 11.3 Å². The molecule has 0 aliphatic rings. The van der Waals surface area contributed by atoms with Gasteiger partial charge < -0.3 is 0 Å². The van der Waals surface area contributed by atoms with Crippen molar-refractivity contribution >= 4 is 11.6 Å². The lowest BCUT2D eigenvalue weighted by molar-refractivity contribution is 0.996. The largest absolute Gasteiger partial charge is 0.237 e. The molecule has 0 spiro atoms. The number of hydrogen-bond acceptors (Lipinski definition) is 2. The zero-order valence-electron chi connectivity index (χ0n) is 10.3. The van der Waals surface area contributed by atoms with E-state index in [9.17, 15) is 0 Å². The predicted octanol–water partition coefficient (Wildman–Crippen LogP) is 3.81. The topological polar surface area (TPSA) is 25.8 Å². The van der Waals surface area contributed by atoms with E-state index in [1.165, 1.54) is 11.1 Å². The molecule has 1 aromatic heterocycles. The highest BCUT2D eigenvalue weighted by atomic mass is 35.5. The summed E-state index contributed by atoms with van der Waals surface area (Å²) in [6.45, 7) is 6.14. The lowest BCUT2D eigenvalue weighted by Crippen LogP contribution is -1.97. The fourth-order valence-corrected chi connectivity index (χ4v) is 1.96. The Balaban J connectivity index is 2.59. The van der Waals surface area contributed by atoms with Crippen molar-refractivity contribution in [2.75, 3.05) is 0 Å². The van der Waals surface area contributed by atoms with Crippen molar-refractivity contribution < 1.29 is 0 Å². The summed E-state index contributed by atoms with van der Waals surface area (Å²) in [5.74, 6) is 1.03. The molecule has 1 heterocycles. The summed E-state index contributed by atoms with van der Waals surface area (Å²) in [6, 6.07) is 8.37. The third-order valence-corrected chi connectivity index (χ3v) is 2.93. The van der Waals surface area contributed by atoms with Gasteiger partial charge in [-0.15, -0.1) is 11.6 Å². The summed E-state index contributed by atoms with van der Waals surface area (Å²) in [4.78, 5) is 8.77. The molecule has 0 amide bonds. The second kappa shape index (κ2) is 4.84. The molecule has 0 aliphatic carbocycles. The van der Waals surface area contributed by atoms with Crippen LogP contribution in [0.1, 0.15) is 22.6 Å². The van der Waals surface area contributed by atoms with Crippen LogP contribution in [-0.2, 0) is 5.88 Å². The van der Waals surface area contributed by atoms with Crippen molar-refractivity contribution in [3.8, 4) is 11.3 Å². The number of hydrogen-bond donors (Lipinski definition) is 0. The second-order valence-corrected chi connectivity index (χ2v) is 4.53. The molecule has 1 aromatic carbocycles. The Hall–Kier alpha value is -1.41. The third kappa shape index (κ3) is 2.64. The maximum atomic E-state index is 5.80. The highest BCUT2D eigenvalue weighted by Crippen LogP contribution is 2.23. The number of rotatable bonds is 2. The van der Waals surface area contributed by atoms with E-state index >= 15 is 0 Å². The first-order valence-corrected chi connectivity index (χ1v) is 6.12. The Morgan fingerprint density at radius 1 is 1.06 bits per heavy atom. The minimum absolute atomic E-state index is 0.347. The maximum absolute atomic E-state index is 5.80. The summed E-state index contributed by atoms with van der Waals surface area (Å²) in [5.41, 5.74) is 5.51. The molecule has 17 heavy (non-hydrogen) atoms. The van der Waals surface area contributed by atoms with Crippen LogP contribution in [-0.4, -0.2) is 9.97 Å². The first-order chi connectivity index (χ1) is 8.10. The van der Waals surface area contributed by atoms with E-state index in [1.807, 2.05) is 13.0 Å². The van der Waals surface area contributed by atoms with Gasteiger partial charge in [-0.3, -0.25) is 0 Å². The van der Waals surface area contributed by atoms with Gasteiger partial charge in [0.1, 0.15) is 5.82 Å². The van der Waals surface area contributed by atoms with E-state index < -0.39 is 0 Å². The van der Waals surface area contributed by atoms with Crippen LogP contribution in [0.5, 0.6) is 0 Å². The van der Waals surface area contributed by atoms with E-state index in [1.54, 1.807) is 0 Å². The van der Waals surface area contributed by atoms with Crippen molar-refractivity contribution in [1.82, 2.24) is 9.97 Å². The Morgan fingerprint density at radius 2 is 1.82 bits per heavy atom. The Labute approximate surface area is 107 Å². The first-order valence-electron chi connectivity index (χ1n) is 5.58. The van der Waals surface area contributed by atoms with Gasteiger partial charge in [-0.1, -0.05) is 17.7 Å². The van der Waals surface area contributed by atoms with Gasteiger partial charge in [-0.2, -0.15) is 0 Å². The highest BCUT2D eigenvalue weighted by molar-refractivity contribution is 6.16. The van der Waals surface area contributed by atoms with Crippen LogP contribution < -0.4 is 0 Å². The third-order valence-electron chi connectivity index (χ3n) is 2.69. The number of aromatic nitrogens is 2. The molecule has 0 bridgehead atoms. The summed E-state index contributed by atoms with van der Waals surface area (Å²) >= 11 is 5.80. The van der Waals surface area contributed by atoms with Crippen molar-refractivity contribution in [2.24, 2.45) is 0 Å². The summed E-state index contributed by atoms with van der Waals surface area (Å²) in [6.07, 6.45) is 0. The molecule has 0 atom stereocenters. The van der Waals surface area contributed by atoms with Gasteiger partial charge >= 0.3 is 0 Å². The molecule has 0 saturated carbocycles. The number of benzene rings is 1. The van der Waals surface area contributed by atoms with Gasteiger partial charge in [0, 0.05) is 11.3 Å². The van der Waals surface area contributed by atoms with Gasteiger partial charge in [-0.05, 0) is 38.5 Å². The maximum Gasteiger partial charge on any atom is 0.143 e. The monoisotopic (exact) mass is 246 g/mol. The molecular formula is C14H15ClN2. The zero-order valence-corrected chi connectivity index (χ0v) is 11.0. The normalized spacial score (nSPS) is 10.6. The standard InChI is InChI=1S/C14H15ClN2/c1-9-4-5-10(2)12(6-9)13-7-11(3)16-14(8-15)17-13/h4-7H,8H2,1-3H3. The average Bonchev–Trinajstić information content (AvgIpc) is 2.31. The van der Waals surface area contributed by atoms with Crippen LogP contribution in [0.15, 0.2) is 24.3 Å². The molecule has 0 N–H and O–H groups in total. The van der Waals surface area contributed by atoms with E-state index in [0.29, 0.717) is 11.7 Å². The molecular weight excluding hydrogens is 232 g/mol. The Bertz CT molecular complexity index is 550. The van der Waals surface area contributed by atoms with Crippen molar-refractivity contribution in [3.63, 3.8) is 0 Å². The molecule has 0 saturated heterocycles. The van der Waals surface area contributed by atoms with Crippen molar-refractivity contribution in [1.29, 1.82) is 0 Å². The fourth-order valence-electron chi connectivity index (χ4n) is 1.84. The fraction of sp³-hybridized carbons (Fsp3) is 0.286. The highest BCUT2D eigenvalue weighted by Gasteiger charge is 2.07. The van der Waals surface area contributed by atoms with Gasteiger partial charge in [-0.25, -0.2) is 9.97 Å². The van der Waals surface area contributed by atoms with Gasteiger partial charge in [0.15, 0.2) is 0 Å². The zero-order chi connectivity index (χ0) is 12.4. The molecule has 0 aliphatic heterocycles. The Kier molecular flexibility index (Phi) is 3.43. The number of aryl methyl sites for hydroxylation is 3.